The first-order valence-corrected chi connectivity index (χ1v) is 6.46. The van der Waals surface area contributed by atoms with Gasteiger partial charge in [-0.15, -0.1) is 0 Å². The van der Waals surface area contributed by atoms with Crippen LogP contribution >= 0.6 is 34.8 Å². The first-order valence-electron chi connectivity index (χ1n) is 5.33. The van der Waals surface area contributed by atoms with Gasteiger partial charge in [-0.25, -0.2) is 0 Å². The Hall–Kier alpha value is -0.630. The van der Waals surface area contributed by atoms with Crippen LogP contribution in [0.3, 0.4) is 0 Å². The predicted octanol–water partition coefficient (Wildman–Crippen LogP) is 5.86. The zero-order valence-corrected chi connectivity index (χ0v) is 11.5. The summed E-state index contributed by atoms with van der Waals surface area (Å²) in [6.07, 6.45) is 5.38. The van der Waals surface area contributed by atoms with Gasteiger partial charge >= 0.3 is 0 Å². The average molecular weight is 290 g/mol. The van der Waals surface area contributed by atoms with Crippen LogP contribution < -0.4 is 0 Å². The third-order valence-electron chi connectivity index (χ3n) is 2.54. The van der Waals surface area contributed by atoms with E-state index in [1.54, 1.807) is 24.7 Å². The van der Waals surface area contributed by atoms with Gasteiger partial charge in [0.05, 0.1) is 22.6 Å². The molecule has 0 unspecified atom stereocenters. The number of aryl methyl sites for hydroxylation is 1. The Labute approximate surface area is 115 Å². The van der Waals surface area contributed by atoms with Crippen molar-refractivity contribution in [1.82, 2.24) is 0 Å². The first kappa shape index (κ1) is 12.8. The van der Waals surface area contributed by atoms with E-state index in [1.807, 2.05) is 0 Å². The van der Waals surface area contributed by atoms with Crippen molar-refractivity contribution < 1.29 is 4.42 Å². The maximum absolute atomic E-state index is 6.19. The second-order valence-corrected chi connectivity index (χ2v) is 5.06. The number of benzene rings is 1. The minimum atomic E-state index is 0.532. The van der Waals surface area contributed by atoms with E-state index in [-0.39, 0.29) is 0 Å². The number of halogens is 3. The topological polar surface area (TPSA) is 13.1 Å². The van der Waals surface area contributed by atoms with Crippen molar-refractivity contribution in [2.75, 3.05) is 0 Å². The van der Waals surface area contributed by atoms with Gasteiger partial charge in [0.2, 0.25) is 0 Å². The fourth-order valence-corrected chi connectivity index (χ4v) is 2.83. The predicted molar refractivity (Wildman–Crippen MR) is 73.2 cm³/mol. The zero-order chi connectivity index (χ0) is 12.4. The molecule has 1 aromatic carbocycles. The molecule has 0 fully saturated rings. The SMILES string of the molecule is CCCc1cocc1-c1c(Cl)cc(Cl)cc1Cl. The molecule has 1 aromatic heterocycles. The molecule has 0 radical (unpaired) electrons. The van der Waals surface area contributed by atoms with E-state index in [4.69, 9.17) is 39.2 Å². The van der Waals surface area contributed by atoms with Crippen LogP contribution in [0.25, 0.3) is 11.1 Å². The van der Waals surface area contributed by atoms with Crippen LogP contribution in [0.4, 0.5) is 0 Å². The summed E-state index contributed by atoms with van der Waals surface area (Å²) >= 11 is 18.3. The Bertz CT molecular complexity index is 508. The number of hydrogen-bond donors (Lipinski definition) is 0. The normalized spacial score (nSPS) is 10.8. The Morgan fingerprint density at radius 2 is 1.71 bits per heavy atom. The van der Waals surface area contributed by atoms with E-state index in [0.717, 1.165) is 29.5 Å². The summed E-state index contributed by atoms with van der Waals surface area (Å²) in [5.74, 6) is 0. The van der Waals surface area contributed by atoms with Crippen molar-refractivity contribution in [2.24, 2.45) is 0 Å². The smallest absolute Gasteiger partial charge is 0.0984 e. The summed E-state index contributed by atoms with van der Waals surface area (Å²) in [6.45, 7) is 2.11. The molecule has 0 saturated carbocycles. The molecule has 1 heterocycles. The molecule has 4 heteroatoms. The summed E-state index contributed by atoms with van der Waals surface area (Å²) in [4.78, 5) is 0. The largest absolute Gasteiger partial charge is 0.472 e. The minimum Gasteiger partial charge on any atom is -0.472 e. The highest BCUT2D eigenvalue weighted by molar-refractivity contribution is 6.41. The van der Waals surface area contributed by atoms with Gasteiger partial charge in [0.25, 0.3) is 0 Å². The lowest BCUT2D eigenvalue weighted by Gasteiger charge is -2.07. The van der Waals surface area contributed by atoms with Crippen LogP contribution in [0.2, 0.25) is 15.1 Å². The maximum atomic E-state index is 6.19. The van der Waals surface area contributed by atoms with Crippen molar-refractivity contribution >= 4 is 34.8 Å². The van der Waals surface area contributed by atoms with Crippen LogP contribution in [-0.2, 0) is 6.42 Å². The van der Waals surface area contributed by atoms with Crippen LogP contribution in [0, 0.1) is 0 Å². The molecule has 2 aromatic rings. The van der Waals surface area contributed by atoms with Gasteiger partial charge in [-0.1, -0.05) is 48.1 Å². The molecular weight excluding hydrogens is 279 g/mol. The summed E-state index contributed by atoms with van der Waals surface area (Å²) < 4.78 is 5.24. The summed E-state index contributed by atoms with van der Waals surface area (Å²) in [5, 5.41) is 1.62. The summed E-state index contributed by atoms with van der Waals surface area (Å²) in [7, 11) is 0. The molecule has 0 bridgehead atoms. The lowest BCUT2D eigenvalue weighted by molar-refractivity contribution is 0.564. The van der Waals surface area contributed by atoms with Gasteiger partial charge in [-0.2, -0.15) is 0 Å². The molecule has 17 heavy (non-hydrogen) atoms. The summed E-state index contributed by atoms with van der Waals surface area (Å²) in [6, 6.07) is 3.38. The molecule has 0 atom stereocenters. The zero-order valence-electron chi connectivity index (χ0n) is 9.27. The lowest BCUT2D eigenvalue weighted by Crippen LogP contribution is -1.87. The van der Waals surface area contributed by atoms with Crippen LogP contribution in [0.5, 0.6) is 0 Å². The van der Waals surface area contributed by atoms with E-state index in [9.17, 15) is 0 Å². The van der Waals surface area contributed by atoms with Crippen molar-refractivity contribution in [3.63, 3.8) is 0 Å². The highest BCUT2D eigenvalue weighted by Crippen LogP contribution is 2.39. The van der Waals surface area contributed by atoms with Crippen molar-refractivity contribution in [3.8, 4) is 11.1 Å². The standard InChI is InChI=1S/C13H11Cl3O/c1-2-3-8-6-17-7-10(8)13-11(15)4-9(14)5-12(13)16/h4-7H,2-3H2,1H3. The number of rotatable bonds is 3. The average Bonchev–Trinajstić information content (AvgIpc) is 2.65. The van der Waals surface area contributed by atoms with E-state index < -0.39 is 0 Å². The van der Waals surface area contributed by atoms with Crippen molar-refractivity contribution in [2.45, 2.75) is 19.8 Å². The van der Waals surface area contributed by atoms with E-state index in [2.05, 4.69) is 6.92 Å². The molecule has 0 saturated heterocycles. The molecule has 0 N–H and O–H groups in total. The minimum absolute atomic E-state index is 0.532. The number of furan rings is 1. The van der Waals surface area contributed by atoms with Gasteiger partial charge in [0, 0.05) is 16.1 Å². The first-order chi connectivity index (χ1) is 8.13. The van der Waals surface area contributed by atoms with Gasteiger partial charge < -0.3 is 4.42 Å². The fourth-order valence-electron chi connectivity index (χ4n) is 1.81. The molecule has 0 spiro atoms. The van der Waals surface area contributed by atoms with Gasteiger partial charge in [-0.05, 0) is 24.1 Å². The number of hydrogen-bond acceptors (Lipinski definition) is 1. The quantitative estimate of drug-likeness (QED) is 0.690. The highest BCUT2D eigenvalue weighted by Gasteiger charge is 2.15. The van der Waals surface area contributed by atoms with Crippen LogP contribution in [0.15, 0.2) is 29.1 Å². The maximum Gasteiger partial charge on any atom is 0.0984 e. The van der Waals surface area contributed by atoms with Crippen molar-refractivity contribution in [3.05, 3.63) is 45.3 Å². The molecule has 2 rings (SSSR count). The van der Waals surface area contributed by atoms with Gasteiger partial charge in [0.1, 0.15) is 0 Å². The van der Waals surface area contributed by atoms with E-state index in [1.165, 1.54) is 0 Å². The second-order valence-electron chi connectivity index (χ2n) is 3.81. The highest BCUT2D eigenvalue weighted by atomic mass is 35.5. The Kier molecular flexibility index (Phi) is 4.03. The molecule has 0 amide bonds. The molecule has 0 aliphatic rings. The van der Waals surface area contributed by atoms with Crippen LogP contribution in [0.1, 0.15) is 18.9 Å². The Morgan fingerprint density at radius 3 is 2.29 bits per heavy atom. The Morgan fingerprint density at radius 1 is 1.06 bits per heavy atom. The molecule has 0 aliphatic carbocycles. The molecule has 0 aliphatic heterocycles. The monoisotopic (exact) mass is 288 g/mol. The summed E-state index contributed by atoms with van der Waals surface area (Å²) in [5.41, 5.74) is 2.84. The molecule has 90 valence electrons. The third-order valence-corrected chi connectivity index (χ3v) is 3.35. The third kappa shape index (κ3) is 2.62. The molecular formula is C13H11Cl3O. The van der Waals surface area contributed by atoms with Crippen LogP contribution in [-0.4, -0.2) is 0 Å². The lowest BCUT2D eigenvalue weighted by atomic mass is 10.0. The van der Waals surface area contributed by atoms with Crippen molar-refractivity contribution in [1.29, 1.82) is 0 Å². The van der Waals surface area contributed by atoms with Gasteiger partial charge in [-0.3, -0.25) is 0 Å². The Balaban J connectivity index is 2.56. The second kappa shape index (κ2) is 5.34. The van der Waals surface area contributed by atoms with Gasteiger partial charge in [0.15, 0.2) is 0 Å². The van der Waals surface area contributed by atoms with E-state index >= 15 is 0 Å². The fraction of sp³-hybridized carbons (Fsp3) is 0.231. The van der Waals surface area contributed by atoms with E-state index in [0.29, 0.717) is 15.1 Å². The molecule has 1 nitrogen and oxygen atoms in total.